The van der Waals surface area contributed by atoms with Gasteiger partial charge in [-0.25, -0.2) is 4.79 Å². The summed E-state index contributed by atoms with van der Waals surface area (Å²) in [5.41, 5.74) is 0.592. The van der Waals surface area contributed by atoms with E-state index in [9.17, 15) is 22.8 Å². The van der Waals surface area contributed by atoms with Gasteiger partial charge in [0.25, 0.3) is 0 Å². The van der Waals surface area contributed by atoms with Crippen molar-refractivity contribution in [3.63, 3.8) is 0 Å². The molecule has 2 aromatic rings. The topological polar surface area (TPSA) is 46.6 Å². The molecular formula is C24H24F3NO3. The van der Waals surface area contributed by atoms with Gasteiger partial charge in [-0.1, -0.05) is 30.3 Å². The Labute approximate surface area is 179 Å². The number of alkyl halides is 3. The second kappa shape index (κ2) is 8.36. The van der Waals surface area contributed by atoms with E-state index in [1.165, 1.54) is 6.07 Å². The first kappa shape index (κ1) is 21.4. The van der Waals surface area contributed by atoms with E-state index in [-0.39, 0.29) is 30.0 Å². The van der Waals surface area contributed by atoms with Gasteiger partial charge in [0.2, 0.25) is 0 Å². The van der Waals surface area contributed by atoms with Gasteiger partial charge in [0.05, 0.1) is 5.56 Å². The Balaban J connectivity index is 1.44. The van der Waals surface area contributed by atoms with Crippen molar-refractivity contribution in [2.75, 3.05) is 0 Å². The first-order valence-corrected chi connectivity index (χ1v) is 10.4. The number of hydrogen-bond acceptors (Lipinski definition) is 3. The summed E-state index contributed by atoms with van der Waals surface area (Å²) in [5, 5.41) is 0. The average Bonchev–Trinajstić information content (AvgIpc) is 3.00. The highest BCUT2D eigenvalue weighted by Crippen LogP contribution is 2.41. The van der Waals surface area contributed by atoms with Crippen molar-refractivity contribution in [1.29, 1.82) is 0 Å². The molecule has 2 bridgehead atoms. The Morgan fingerprint density at radius 2 is 1.68 bits per heavy atom. The average molecular weight is 431 g/mol. The molecule has 0 radical (unpaired) electrons. The number of nitrogens with zero attached hydrogens (tertiary/aromatic N) is 1. The van der Waals surface area contributed by atoms with Crippen molar-refractivity contribution in [1.82, 2.24) is 4.90 Å². The SMILES string of the molecule is Cc1cc(C(=O)C2CC3CCC(C2)N3C(=O)OCc2ccccc2)cc(C(F)(F)F)c1. The Morgan fingerprint density at radius 3 is 2.29 bits per heavy atom. The number of amides is 1. The molecule has 2 unspecified atom stereocenters. The van der Waals surface area contributed by atoms with E-state index in [0.29, 0.717) is 18.4 Å². The highest BCUT2D eigenvalue weighted by atomic mass is 19.4. The van der Waals surface area contributed by atoms with Crippen molar-refractivity contribution < 1.29 is 27.5 Å². The van der Waals surface area contributed by atoms with Gasteiger partial charge in [-0.2, -0.15) is 13.2 Å². The lowest BCUT2D eigenvalue weighted by Crippen LogP contribution is -2.48. The molecule has 31 heavy (non-hydrogen) atoms. The Hall–Kier alpha value is -2.83. The number of benzene rings is 2. The van der Waals surface area contributed by atoms with Gasteiger partial charge in [-0.3, -0.25) is 4.79 Å². The number of aryl methyl sites for hydroxylation is 1. The fraction of sp³-hybridized carbons (Fsp3) is 0.417. The number of hydrogen-bond donors (Lipinski definition) is 0. The lowest BCUT2D eigenvalue weighted by molar-refractivity contribution is -0.137. The molecule has 4 nitrogen and oxygen atoms in total. The van der Waals surface area contributed by atoms with Crippen molar-refractivity contribution in [3.05, 3.63) is 70.8 Å². The smallest absolute Gasteiger partial charge is 0.416 e. The molecule has 0 N–H and O–H groups in total. The van der Waals surface area contributed by atoms with E-state index in [4.69, 9.17) is 4.74 Å². The summed E-state index contributed by atoms with van der Waals surface area (Å²) < 4.78 is 44.9. The fourth-order valence-electron chi connectivity index (χ4n) is 4.81. The molecule has 2 aliphatic heterocycles. The van der Waals surface area contributed by atoms with Gasteiger partial charge in [-0.05, 0) is 61.9 Å². The predicted molar refractivity (Wildman–Crippen MR) is 109 cm³/mol. The highest BCUT2D eigenvalue weighted by molar-refractivity contribution is 5.98. The summed E-state index contributed by atoms with van der Waals surface area (Å²) in [7, 11) is 0. The van der Waals surface area contributed by atoms with Crippen LogP contribution < -0.4 is 0 Å². The molecule has 2 heterocycles. The number of rotatable bonds is 4. The molecule has 2 saturated heterocycles. The molecule has 1 amide bonds. The zero-order valence-electron chi connectivity index (χ0n) is 17.2. The summed E-state index contributed by atoms with van der Waals surface area (Å²) in [5.74, 6) is -0.665. The van der Waals surface area contributed by atoms with Crippen LogP contribution in [0.2, 0.25) is 0 Å². The third-order valence-electron chi connectivity index (χ3n) is 6.21. The summed E-state index contributed by atoms with van der Waals surface area (Å²) in [6.45, 7) is 1.74. The fourth-order valence-corrected chi connectivity index (χ4v) is 4.81. The van der Waals surface area contributed by atoms with E-state index in [1.807, 2.05) is 30.3 Å². The summed E-state index contributed by atoms with van der Waals surface area (Å²) >= 11 is 0. The quantitative estimate of drug-likeness (QED) is 0.577. The van der Waals surface area contributed by atoms with Crippen LogP contribution in [0.5, 0.6) is 0 Å². The number of piperidine rings is 1. The number of carbonyl (C=O) groups is 2. The van der Waals surface area contributed by atoms with Crippen LogP contribution in [0.4, 0.5) is 18.0 Å². The van der Waals surface area contributed by atoms with E-state index in [2.05, 4.69) is 0 Å². The number of ether oxygens (including phenoxy) is 1. The van der Waals surface area contributed by atoms with Crippen LogP contribution in [-0.4, -0.2) is 28.9 Å². The molecular weight excluding hydrogens is 407 g/mol. The van der Waals surface area contributed by atoms with Crippen LogP contribution in [0.15, 0.2) is 48.5 Å². The number of ketones is 1. The summed E-state index contributed by atoms with van der Waals surface area (Å²) in [4.78, 5) is 27.4. The Bertz CT molecular complexity index is 960. The normalized spacial score (nSPS) is 23.0. The minimum atomic E-state index is -4.49. The second-order valence-corrected chi connectivity index (χ2v) is 8.45. The maximum atomic E-state index is 13.2. The molecule has 0 saturated carbocycles. The number of fused-ring (bicyclic) bond motifs is 2. The van der Waals surface area contributed by atoms with E-state index < -0.39 is 23.8 Å². The maximum Gasteiger partial charge on any atom is 0.416 e. The van der Waals surface area contributed by atoms with Gasteiger partial charge in [0.1, 0.15) is 6.61 Å². The van der Waals surface area contributed by atoms with Crippen molar-refractivity contribution in [2.24, 2.45) is 5.92 Å². The van der Waals surface area contributed by atoms with Crippen LogP contribution >= 0.6 is 0 Å². The first-order valence-electron chi connectivity index (χ1n) is 10.4. The number of carbonyl (C=O) groups excluding carboxylic acids is 2. The van der Waals surface area contributed by atoms with Crippen LogP contribution in [0, 0.1) is 12.8 Å². The zero-order chi connectivity index (χ0) is 22.2. The molecule has 0 aromatic heterocycles. The van der Waals surface area contributed by atoms with Gasteiger partial charge >= 0.3 is 12.3 Å². The molecule has 164 valence electrons. The van der Waals surface area contributed by atoms with E-state index >= 15 is 0 Å². The van der Waals surface area contributed by atoms with Crippen molar-refractivity contribution in [3.8, 4) is 0 Å². The minimum Gasteiger partial charge on any atom is -0.445 e. The third-order valence-corrected chi connectivity index (χ3v) is 6.21. The standard InChI is InChI=1S/C24H24F3NO3/c1-15-9-17(11-19(10-15)24(25,26)27)22(29)18-12-20-7-8-21(13-18)28(20)23(30)31-14-16-5-3-2-4-6-16/h2-6,9-11,18,20-21H,7-8,12-14H2,1H3. The lowest BCUT2D eigenvalue weighted by Gasteiger charge is -2.37. The predicted octanol–water partition coefficient (Wildman–Crippen LogP) is 5.78. The van der Waals surface area contributed by atoms with Crippen molar-refractivity contribution >= 4 is 11.9 Å². The molecule has 0 aliphatic carbocycles. The molecule has 2 atom stereocenters. The van der Waals surface area contributed by atoms with Crippen LogP contribution in [0.1, 0.15) is 52.7 Å². The number of Topliss-reactive ketones (excluding diaryl/α,β-unsaturated/α-hetero) is 1. The van der Waals surface area contributed by atoms with Crippen LogP contribution in [0.3, 0.4) is 0 Å². The zero-order valence-corrected chi connectivity index (χ0v) is 17.2. The molecule has 7 heteroatoms. The van der Waals surface area contributed by atoms with Crippen LogP contribution in [0.25, 0.3) is 0 Å². The summed E-state index contributed by atoms with van der Waals surface area (Å²) in [6.07, 6.45) is -2.44. The molecule has 2 fully saturated rings. The largest absolute Gasteiger partial charge is 0.445 e. The molecule has 2 aliphatic rings. The lowest BCUT2D eigenvalue weighted by atomic mass is 9.84. The van der Waals surface area contributed by atoms with Crippen LogP contribution in [-0.2, 0) is 17.5 Å². The van der Waals surface area contributed by atoms with Gasteiger partial charge in [0, 0.05) is 23.6 Å². The number of halogens is 3. The Morgan fingerprint density at radius 1 is 1.03 bits per heavy atom. The van der Waals surface area contributed by atoms with Crippen molar-refractivity contribution in [2.45, 2.75) is 57.5 Å². The maximum absolute atomic E-state index is 13.2. The monoisotopic (exact) mass is 431 g/mol. The third kappa shape index (κ3) is 4.60. The highest BCUT2D eigenvalue weighted by Gasteiger charge is 2.46. The van der Waals surface area contributed by atoms with E-state index in [0.717, 1.165) is 30.5 Å². The van der Waals surface area contributed by atoms with E-state index in [1.54, 1.807) is 11.8 Å². The minimum absolute atomic E-state index is 0.0943. The van der Waals surface area contributed by atoms with Gasteiger partial charge in [-0.15, -0.1) is 0 Å². The summed E-state index contributed by atoms with van der Waals surface area (Å²) in [6, 6.07) is 12.7. The van der Waals surface area contributed by atoms with Gasteiger partial charge in [0.15, 0.2) is 5.78 Å². The van der Waals surface area contributed by atoms with Gasteiger partial charge < -0.3 is 9.64 Å². The Kier molecular flexibility index (Phi) is 5.77. The molecule has 4 rings (SSSR count). The first-order chi connectivity index (χ1) is 14.7. The molecule has 0 spiro atoms. The second-order valence-electron chi connectivity index (χ2n) is 8.45. The molecule has 2 aromatic carbocycles.